The van der Waals surface area contributed by atoms with Crippen molar-refractivity contribution in [3.8, 4) is 5.75 Å². The molecule has 0 bridgehead atoms. The van der Waals surface area contributed by atoms with Gasteiger partial charge in [0.2, 0.25) is 5.91 Å². The highest BCUT2D eigenvalue weighted by Gasteiger charge is 2.59. The molecule has 1 heterocycles. The molecule has 3 aliphatic carbocycles. The molecule has 27 heavy (non-hydrogen) atoms. The molecule has 1 amide bonds. The molecule has 1 aromatic rings. The van der Waals surface area contributed by atoms with Crippen LogP contribution >= 0.6 is 0 Å². The van der Waals surface area contributed by atoms with Crippen molar-refractivity contribution in [1.82, 2.24) is 5.32 Å². The summed E-state index contributed by atoms with van der Waals surface area (Å²) in [5.74, 6) is 3.65. The number of hydrogen-bond donors (Lipinski definition) is 1. The summed E-state index contributed by atoms with van der Waals surface area (Å²) in [6, 6.07) is 10.8. The fourth-order valence-corrected chi connectivity index (χ4v) is 7.48. The first-order valence-electron chi connectivity index (χ1n) is 11.0. The van der Waals surface area contributed by atoms with Crippen LogP contribution in [-0.4, -0.2) is 18.1 Å². The minimum atomic E-state index is 0.272. The molecular weight excluding hydrogens is 334 g/mol. The first-order chi connectivity index (χ1) is 13.0. The number of piperidine rings is 1. The van der Waals surface area contributed by atoms with Gasteiger partial charge in [-0.25, -0.2) is 0 Å². The van der Waals surface area contributed by atoms with Crippen molar-refractivity contribution in [1.29, 1.82) is 0 Å². The van der Waals surface area contributed by atoms with Crippen molar-refractivity contribution in [2.24, 2.45) is 28.6 Å². The van der Waals surface area contributed by atoms with Gasteiger partial charge >= 0.3 is 0 Å². The number of fused-ring (bicyclic) bond motifs is 5. The molecule has 3 saturated carbocycles. The van der Waals surface area contributed by atoms with Gasteiger partial charge in [0.1, 0.15) is 5.75 Å². The Morgan fingerprint density at radius 1 is 1.04 bits per heavy atom. The number of carbonyl (C=O) groups is 1. The zero-order valence-corrected chi connectivity index (χ0v) is 16.7. The third-order valence-corrected chi connectivity index (χ3v) is 8.87. The molecule has 4 aliphatic rings. The number of amides is 1. The van der Waals surface area contributed by atoms with E-state index >= 15 is 0 Å². The Labute approximate surface area is 163 Å². The molecule has 2 unspecified atom stereocenters. The minimum absolute atomic E-state index is 0.272. The second-order valence-electron chi connectivity index (χ2n) is 10.3. The quantitative estimate of drug-likeness (QED) is 0.803. The average Bonchev–Trinajstić information content (AvgIpc) is 2.99. The number of carbonyl (C=O) groups excluding carboxylic acids is 1. The van der Waals surface area contributed by atoms with Crippen LogP contribution in [0.5, 0.6) is 5.75 Å². The van der Waals surface area contributed by atoms with Crippen LogP contribution in [0.2, 0.25) is 0 Å². The molecule has 3 heteroatoms. The van der Waals surface area contributed by atoms with Crippen LogP contribution in [0.15, 0.2) is 30.3 Å². The first-order valence-corrected chi connectivity index (χ1v) is 11.0. The maximum Gasteiger partial charge on any atom is 0.220 e. The summed E-state index contributed by atoms with van der Waals surface area (Å²) in [7, 11) is 0. The van der Waals surface area contributed by atoms with E-state index in [1.807, 2.05) is 0 Å². The Morgan fingerprint density at radius 2 is 1.85 bits per heavy atom. The third kappa shape index (κ3) is 2.80. The van der Waals surface area contributed by atoms with Crippen LogP contribution in [-0.2, 0) is 4.79 Å². The van der Waals surface area contributed by atoms with E-state index in [9.17, 15) is 4.79 Å². The molecule has 1 aromatic carbocycles. The number of benzene rings is 1. The maximum atomic E-state index is 11.9. The average molecular weight is 368 g/mol. The van der Waals surface area contributed by atoms with Crippen LogP contribution in [0.4, 0.5) is 0 Å². The van der Waals surface area contributed by atoms with Crippen molar-refractivity contribution in [3.63, 3.8) is 0 Å². The molecule has 0 spiro atoms. The summed E-state index contributed by atoms with van der Waals surface area (Å²) in [4.78, 5) is 11.9. The highest BCUT2D eigenvalue weighted by Crippen LogP contribution is 2.64. The van der Waals surface area contributed by atoms with Crippen LogP contribution in [0, 0.1) is 28.6 Å². The van der Waals surface area contributed by atoms with Crippen molar-refractivity contribution in [2.45, 2.75) is 77.4 Å². The van der Waals surface area contributed by atoms with Crippen LogP contribution < -0.4 is 10.1 Å². The van der Waals surface area contributed by atoms with Gasteiger partial charge in [-0.2, -0.15) is 0 Å². The number of nitrogens with one attached hydrogen (secondary N) is 1. The van der Waals surface area contributed by atoms with E-state index in [4.69, 9.17) is 4.74 Å². The van der Waals surface area contributed by atoms with E-state index in [0.29, 0.717) is 23.0 Å². The van der Waals surface area contributed by atoms with Gasteiger partial charge in [-0.05, 0) is 85.7 Å². The zero-order valence-electron chi connectivity index (χ0n) is 16.7. The Bertz CT molecular complexity index is 718. The minimum Gasteiger partial charge on any atom is -0.490 e. The van der Waals surface area contributed by atoms with Gasteiger partial charge < -0.3 is 10.1 Å². The number of rotatable bonds is 2. The maximum absolute atomic E-state index is 11.9. The van der Waals surface area contributed by atoms with E-state index in [0.717, 1.165) is 36.3 Å². The lowest BCUT2D eigenvalue weighted by Crippen LogP contribution is -2.60. The summed E-state index contributed by atoms with van der Waals surface area (Å²) in [6.07, 6.45) is 9.67. The smallest absolute Gasteiger partial charge is 0.220 e. The van der Waals surface area contributed by atoms with E-state index in [-0.39, 0.29) is 5.91 Å². The van der Waals surface area contributed by atoms with Crippen LogP contribution in [0.25, 0.3) is 0 Å². The summed E-state index contributed by atoms with van der Waals surface area (Å²) in [5.41, 5.74) is 0.734. The second kappa shape index (κ2) is 6.25. The van der Waals surface area contributed by atoms with Gasteiger partial charge in [0.25, 0.3) is 0 Å². The summed E-state index contributed by atoms with van der Waals surface area (Å²) in [5, 5.41) is 3.34. The second-order valence-corrected chi connectivity index (χ2v) is 10.3. The normalized spacial score (nSPS) is 46.0. The molecule has 1 N–H and O–H groups in total. The lowest BCUT2D eigenvalue weighted by molar-refractivity contribution is -0.135. The predicted molar refractivity (Wildman–Crippen MR) is 106 cm³/mol. The molecule has 4 fully saturated rings. The lowest BCUT2D eigenvalue weighted by Gasteiger charge is -2.59. The molecule has 1 saturated heterocycles. The fraction of sp³-hybridized carbons (Fsp3) is 0.708. The van der Waals surface area contributed by atoms with Crippen molar-refractivity contribution in [3.05, 3.63) is 30.3 Å². The van der Waals surface area contributed by atoms with Crippen molar-refractivity contribution < 1.29 is 9.53 Å². The third-order valence-electron chi connectivity index (χ3n) is 8.87. The molecule has 0 radical (unpaired) electrons. The molecular formula is C24H33NO2. The summed E-state index contributed by atoms with van der Waals surface area (Å²) in [6.45, 7) is 5.00. The summed E-state index contributed by atoms with van der Waals surface area (Å²) >= 11 is 0. The Balaban J connectivity index is 1.36. The van der Waals surface area contributed by atoms with Crippen molar-refractivity contribution >= 4 is 5.91 Å². The highest BCUT2D eigenvalue weighted by atomic mass is 16.5. The Hall–Kier alpha value is -1.51. The Morgan fingerprint density at radius 3 is 2.67 bits per heavy atom. The van der Waals surface area contributed by atoms with E-state index < -0.39 is 0 Å². The van der Waals surface area contributed by atoms with E-state index in [1.165, 1.54) is 38.5 Å². The predicted octanol–water partition coefficient (Wildman–Crippen LogP) is 4.96. The molecule has 3 nitrogen and oxygen atoms in total. The first kappa shape index (κ1) is 17.6. The molecule has 0 aromatic heterocycles. The van der Waals surface area contributed by atoms with Crippen LogP contribution in [0.1, 0.15) is 65.2 Å². The van der Waals surface area contributed by atoms with Gasteiger partial charge in [-0.3, -0.25) is 4.79 Å². The van der Waals surface area contributed by atoms with Gasteiger partial charge in [0.15, 0.2) is 0 Å². The number of ether oxygens (including phenoxy) is 1. The van der Waals surface area contributed by atoms with Gasteiger partial charge in [-0.15, -0.1) is 0 Å². The van der Waals surface area contributed by atoms with Crippen LogP contribution in [0.3, 0.4) is 0 Å². The molecule has 7 atom stereocenters. The van der Waals surface area contributed by atoms with Gasteiger partial charge in [0, 0.05) is 12.5 Å². The molecule has 5 rings (SSSR count). The summed E-state index contributed by atoms with van der Waals surface area (Å²) < 4.78 is 6.40. The number of hydrogen-bond acceptors (Lipinski definition) is 2. The van der Waals surface area contributed by atoms with E-state index in [1.54, 1.807) is 0 Å². The van der Waals surface area contributed by atoms with E-state index in [2.05, 4.69) is 49.5 Å². The van der Waals surface area contributed by atoms with Gasteiger partial charge in [-0.1, -0.05) is 32.0 Å². The highest BCUT2D eigenvalue weighted by molar-refractivity contribution is 5.77. The van der Waals surface area contributed by atoms with Crippen molar-refractivity contribution in [2.75, 3.05) is 0 Å². The molecule has 1 aliphatic heterocycles. The largest absolute Gasteiger partial charge is 0.490 e. The zero-order chi connectivity index (χ0) is 18.6. The fourth-order valence-electron chi connectivity index (χ4n) is 7.48. The molecule has 146 valence electrons. The Kier molecular flexibility index (Phi) is 4.07. The topological polar surface area (TPSA) is 38.3 Å². The number of para-hydroxylation sites is 1. The SMILES string of the molecule is C[C@]12CC[C@@H]3[C@@H](CCC4NC(=O)CC[C@@]43C)[C@@H]1CC(Oc1ccccc1)C2. The lowest BCUT2D eigenvalue weighted by atomic mass is 9.48. The van der Waals surface area contributed by atoms with Gasteiger partial charge in [0.05, 0.1) is 6.10 Å². The standard InChI is InChI=1S/C24H33NO2/c1-23-12-10-19-18(8-9-21-24(19,2)13-11-22(26)25-21)20(23)14-17(15-23)27-16-6-4-3-5-7-16/h3-7,17-21H,8-15H2,1-2H3,(H,25,26)/t17?,18-,19-,20+,21?,23-,24-/m1/s1. The monoisotopic (exact) mass is 367 g/mol.